The Morgan fingerprint density at radius 3 is 2.71 bits per heavy atom. The second-order valence-electron chi connectivity index (χ2n) is 5.29. The van der Waals surface area contributed by atoms with E-state index in [2.05, 4.69) is 0 Å². The summed E-state index contributed by atoms with van der Waals surface area (Å²) in [6.07, 6.45) is 2.05. The Labute approximate surface area is 125 Å². The van der Waals surface area contributed by atoms with Crippen molar-refractivity contribution in [2.24, 2.45) is 5.73 Å². The molecule has 6 nitrogen and oxygen atoms in total. The maximum atomic E-state index is 12.2. The summed E-state index contributed by atoms with van der Waals surface area (Å²) < 4.78 is 0. The fourth-order valence-corrected chi connectivity index (χ4v) is 2.18. The van der Waals surface area contributed by atoms with E-state index in [1.54, 1.807) is 24.1 Å². The van der Waals surface area contributed by atoms with Crippen LogP contribution < -0.4 is 5.73 Å². The lowest BCUT2D eigenvalue weighted by molar-refractivity contribution is -0.384. The molecule has 2 atom stereocenters. The predicted octanol–water partition coefficient (Wildman–Crippen LogP) is 2.63. The summed E-state index contributed by atoms with van der Waals surface area (Å²) in [5, 5.41) is 10.8. The first-order chi connectivity index (χ1) is 9.86. The van der Waals surface area contributed by atoms with Crippen molar-refractivity contribution in [3.05, 3.63) is 39.9 Å². The van der Waals surface area contributed by atoms with E-state index in [0.717, 1.165) is 18.4 Å². The quantitative estimate of drug-likeness (QED) is 0.618. The minimum atomic E-state index is -0.435. The lowest BCUT2D eigenvalue weighted by Gasteiger charge is -2.26. The van der Waals surface area contributed by atoms with E-state index in [1.165, 1.54) is 12.1 Å². The second kappa shape index (κ2) is 7.73. The molecule has 2 unspecified atom stereocenters. The lowest BCUT2D eigenvalue weighted by Crippen LogP contribution is -2.34. The summed E-state index contributed by atoms with van der Waals surface area (Å²) in [5.74, 6) is -0.0463. The maximum absolute atomic E-state index is 12.2. The first-order valence-corrected chi connectivity index (χ1v) is 7.12. The number of benzene rings is 1. The monoisotopic (exact) mass is 293 g/mol. The molecular formula is C15H23N3O3. The van der Waals surface area contributed by atoms with Gasteiger partial charge in [0.05, 0.1) is 11.0 Å². The van der Waals surface area contributed by atoms with E-state index in [-0.39, 0.29) is 23.7 Å². The Balaban J connectivity index is 2.77. The Hall–Kier alpha value is -1.95. The van der Waals surface area contributed by atoms with Crippen molar-refractivity contribution in [3.63, 3.8) is 0 Å². The van der Waals surface area contributed by atoms with Gasteiger partial charge in [0.15, 0.2) is 0 Å². The van der Waals surface area contributed by atoms with E-state index in [1.807, 2.05) is 13.8 Å². The van der Waals surface area contributed by atoms with Crippen molar-refractivity contribution in [3.8, 4) is 0 Å². The van der Waals surface area contributed by atoms with Gasteiger partial charge in [0.2, 0.25) is 5.91 Å². The molecule has 0 radical (unpaired) electrons. The zero-order valence-electron chi connectivity index (χ0n) is 12.8. The highest BCUT2D eigenvalue weighted by atomic mass is 16.6. The van der Waals surface area contributed by atoms with Crippen molar-refractivity contribution < 1.29 is 9.72 Å². The summed E-state index contributed by atoms with van der Waals surface area (Å²) in [5.41, 5.74) is 6.66. The van der Waals surface area contributed by atoms with Crippen LogP contribution in [0.25, 0.3) is 0 Å². The van der Waals surface area contributed by atoms with Crippen LogP contribution in [-0.4, -0.2) is 28.8 Å². The summed E-state index contributed by atoms with van der Waals surface area (Å²) in [6.45, 7) is 3.88. The fourth-order valence-electron chi connectivity index (χ4n) is 2.18. The van der Waals surface area contributed by atoms with Crippen molar-refractivity contribution >= 4 is 11.6 Å². The molecular weight excluding hydrogens is 270 g/mol. The van der Waals surface area contributed by atoms with Gasteiger partial charge in [-0.15, -0.1) is 0 Å². The van der Waals surface area contributed by atoms with E-state index in [4.69, 9.17) is 5.73 Å². The molecule has 0 aliphatic rings. The van der Waals surface area contributed by atoms with Gasteiger partial charge in [-0.2, -0.15) is 0 Å². The topological polar surface area (TPSA) is 89.5 Å². The number of hydrogen-bond donors (Lipinski definition) is 1. The summed E-state index contributed by atoms with van der Waals surface area (Å²) in [6, 6.07) is 5.99. The minimum Gasteiger partial charge on any atom is -0.339 e. The van der Waals surface area contributed by atoms with Crippen molar-refractivity contribution in [2.45, 2.75) is 45.2 Å². The third-order valence-electron chi connectivity index (χ3n) is 3.63. The summed E-state index contributed by atoms with van der Waals surface area (Å²) >= 11 is 0. The Morgan fingerprint density at radius 2 is 2.14 bits per heavy atom. The molecule has 0 saturated carbocycles. The molecule has 6 heteroatoms. The molecule has 0 spiro atoms. The molecule has 1 aromatic rings. The molecule has 0 aliphatic heterocycles. The molecule has 1 amide bonds. The average molecular weight is 293 g/mol. The van der Waals surface area contributed by atoms with Crippen LogP contribution >= 0.6 is 0 Å². The van der Waals surface area contributed by atoms with Crippen LogP contribution in [0.15, 0.2) is 24.3 Å². The molecule has 116 valence electrons. The lowest BCUT2D eigenvalue weighted by atomic mass is 10.0. The van der Waals surface area contributed by atoms with Crippen LogP contribution in [0.4, 0.5) is 5.69 Å². The number of nitrogens with two attached hydrogens (primary N) is 1. The highest BCUT2D eigenvalue weighted by Gasteiger charge is 2.20. The molecule has 2 N–H and O–H groups in total. The van der Waals surface area contributed by atoms with Crippen LogP contribution in [0.1, 0.15) is 44.7 Å². The average Bonchev–Trinajstić information content (AvgIpc) is 2.45. The molecule has 21 heavy (non-hydrogen) atoms. The molecule has 0 aliphatic carbocycles. The number of rotatable bonds is 7. The first kappa shape index (κ1) is 17.1. The number of amides is 1. The summed E-state index contributed by atoms with van der Waals surface area (Å²) in [7, 11) is 1.70. The van der Waals surface area contributed by atoms with Gasteiger partial charge in [-0.3, -0.25) is 14.9 Å². The second-order valence-corrected chi connectivity index (χ2v) is 5.29. The predicted molar refractivity (Wildman–Crippen MR) is 81.8 cm³/mol. The van der Waals surface area contributed by atoms with Crippen LogP contribution in [0.2, 0.25) is 0 Å². The van der Waals surface area contributed by atoms with Crippen LogP contribution in [-0.2, 0) is 4.79 Å². The van der Waals surface area contributed by atoms with Gasteiger partial charge in [0, 0.05) is 31.6 Å². The molecule has 0 bridgehead atoms. The van der Waals surface area contributed by atoms with Crippen molar-refractivity contribution in [1.82, 2.24) is 4.90 Å². The standard InChI is InChI=1S/C15H23N3O3/c1-4-6-13(16)10-15(19)17(3)11(2)12-7-5-8-14(9-12)18(20)21/h5,7-9,11,13H,4,6,10,16H2,1-3H3. The van der Waals surface area contributed by atoms with E-state index < -0.39 is 4.92 Å². The number of carbonyl (C=O) groups is 1. The zero-order chi connectivity index (χ0) is 16.0. The first-order valence-electron chi connectivity index (χ1n) is 7.12. The fraction of sp³-hybridized carbons (Fsp3) is 0.533. The Kier molecular flexibility index (Phi) is 6.30. The highest BCUT2D eigenvalue weighted by Crippen LogP contribution is 2.23. The molecule has 0 heterocycles. The normalized spacial score (nSPS) is 13.5. The van der Waals surface area contributed by atoms with Gasteiger partial charge in [-0.05, 0) is 18.9 Å². The number of hydrogen-bond acceptors (Lipinski definition) is 4. The van der Waals surface area contributed by atoms with Crippen LogP contribution in [0, 0.1) is 10.1 Å². The largest absolute Gasteiger partial charge is 0.339 e. The van der Waals surface area contributed by atoms with Gasteiger partial charge in [0.25, 0.3) is 5.69 Å². The molecule has 0 fully saturated rings. The van der Waals surface area contributed by atoms with E-state index >= 15 is 0 Å². The van der Waals surface area contributed by atoms with E-state index in [9.17, 15) is 14.9 Å². The highest BCUT2D eigenvalue weighted by molar-refractivity contribution is 5.77. The molecule has 0 saturated heterocycles. The third-order valence-corrected chi connectivity index (χ3v) is 3.63. The molecule has 0 aromatic heterocycles. The molecule has 1 rings (SSSR count). The van der Waals surface area contributed by atoms with Gasteiger partial charge >= 0.3 is 0 Å². The zero-order valence-corrected chi connectivity index (χ0v) is 12.8. The van der Waals surface area contributed by atoms with Crippen molar-refractivity contribution in [1.29, 1.82) is 0 Å². The number of nitro groups is 1. The maximum Gasteiger partial charge on any atom is 0.269 e. The van der Waals surface area contributed by atoms with Crippen molar-refractivity contribution in [2.75, 3.05) is 7.05 Å². The Morgan fingerprint density at radius 1 is 1.48 bits per heavy atom. The van der Waals surface area contributed by atoms with Gasteiger partial charge in [0.1, 0.15) is 0 Å². The smallest absolute Gasteiger partial charge is 0.269 e. The van der Waals surface area contributed by atoms with Gasteiger partial charge in [-0.1, -0.05) is 25.5 Å². The van der Waals surface area contributed by atoms with E-state index in [0.29, 0.717) is 6.42 Å². The number of non-ortho nitro benzene ring substituents is 1. The number of nitro benzene ring substituents is 1. The number of nitrogens with zero attached hydrogens (tertiary/aromatic N) is 2. The molecule has 1 aromatic carbocycles. The third kappa shape index (κ3) is 4.82. The van der Waals surface area contributed by atoms with Crippen LogP contribution in [0.3, 0.4) is 0 Å². The number of carbonyl (C=O) groups excluding carboxylic acids is 1. The summed E-state index contributed by atoms with van der Waals surface area (Å²) in [4.78, 5) is 24.1. The van der Waals surface area contributed by atoms with Gasteiger partial charge in [-0.25, -0.2) is 0 Å². The Bertz CT molecular complexity index is 505. The van der Waals surface area contributed by atoms with Crippen LogP contribution in [0.5, 0.6) is 0 Å². The SMILES string of the molecule is CCCC(N)CC(=O)N(C)C(C)c1cccc([N+](=O)[O-])c1. The van der Waals surface area contributed by atoms with Gasteiger partial charge < -0.3 is 10.6 Å². The minimum absolute atomic E-state index is 0.0304.